The molecule has 3 aromatic carbocycles. The van der Waals surface area contributed by atoms with E-state index in [4.69, 9.17) is 14.2 Å². The second kappa shape index (κ2) is 11.6. The average molecular weight is 515 g/mol. The number of hydrogen-bond donors (Lipinski definition) is 1. The van der Waals surface area contributed by atoms with Crippen molar-refractivity contribution in [2.45, 2.75) is 26.4 Å². The minimum absolute atomic E-state index is 0.0931. The van der Waals surface area contributed by atoms with Crippen LogP contribution in [0.1, 0.15) is 37.0 Å². The van der Waals surface area contributed by atoms with E-state index < -0.39 is 11.7 Å². The normalized spacial score (nSPS) is 11.1. The molecule has 1 amide bonds. The number of carbonyl (C=O) groups is 2. The van der Waals surface area contributed by atoms with Gasteiger partial charge in [-0.05, 0) is 69.3 Å². The number of ether oxygens (including phenoxy) is 3. The van der Waals surface area contributed by atoms with E-state index in [0.29, 0.717) is 29.4 Å². The SMILES string of the molecule is COc1ccc(-n2nc(C(=O)c3ccccc3)nc2-c2ccc(OCCNC(=O)OC(C)(C)C)cc2)cc1. The Balaban J connectivity index is 1.52. The van der Waals surface area contributed by atoms with E-state index in [2.05, 4.69) is 15.4 Å². The zero-order valence-electron chi connectivity index (χ0n) is 21.8. The number of alkyl carbamates (subject to hydrolysis) is 1. The molecule has 9 nitrogen and oxygen atoms in total. The van der Waals surface area contributed by atoms with Crippen molar-refractivity contribution in [3.8, 4) is 28.6 Å². The quantitative estimate of drug-likeness (QED) is 0.245. The van der Waals surface area contributed by atoms with Crippen LogP contribution in [0.3, 0.4) is 0 Å². The minimum Gasteiger partial charge on any atom is -0.497 e. The minimum atomic E-state index is -0.557. The van der Waals surface area contributed by atoms with Crippen molar-refractivity contribution in [1.29, 1.82) is 0 Å². The number of carbonyl (C=O) groups excluding carboxylic acids is 2. The first-order chi connectivity index (χ1) is 18.2. The van der Waals surface area contributed by atoms with Crippen molar-refractivity contribution in [2.75, 3.05) is 20.3 Å². The van der Waals surface area contributed by atoms with E-state index in [-0.39, 0.29) is 18.2 Å². The van der Waals surface area contributed by atoms with Crippen molar-refractivity contribution in [2.24, 2.45) is 0 Å². The van der Waals surface area contributed by atoms with E-state index in [0.717, 1.165) is 11.3 Å². The number of hydrogen-bond acceptors (Lipinski definition) is 7. The second-order valence-electron chi connectivity index (χ2n) is 9.37. The molecule has 0 aliphatic heterocycles. The molecule has 0 saturated carbocycles. The van der Waals surface area contributed by atoms with Gasteiger partial charge in [0.15, 0.2) is 5.82 Å². The highest BCUT2D eigenvalue weighted by Crippen LogP contribution is 2.25. The number of benzene rings is 3. The van der Waals surface area contributed by atoms with Gasteiger partial charge in [-0.15, -0.1) is 5.10 Å². The summed E-state index contributed by atoms with van der Waals surface area (Å²) in [6, 6.07) is 23.6. The molecule has 0 saturated heterocycles. The summed E-state index contributed by atoms with van der Waals surface area (Å²) in [5, 5.41) is 7.20. The molecule has 0 atom stereocenters. The fraction of sp³-hybridized carbons (Fsp3) is 0.241. The van der Waals surface area contributed by atoms with Crippen LogP contribution in [0.15, 0.2) is 78.9 Å². The highest BCUT2D eigenvalue weighted by molar-refractivity contribution is 6.06. The lowest BCUT2D eigenvalue weighted by molar-refractivity contribution is 0.0520. The summed E-state index contributed by atoms with van der Waals surface area (Å²) >= 11 is 0. The third kappa shape index (κ3) is 6.76. The summed E-state index contributed by atoms with van der Waals surface area (Å²) in [5.41, 5.74) is 1.43. The van der Waals surface area contributed by atoms with Gasteiger partial charge < -0.3 is 19.5 Å². The Morgan fingerprint density at radius 2 is 1.55 bits per heavy atom. The molecule has 1 aromatic heterocycles. The predicted octanol–water partition coefficient (Wildman–Crippen LogP) is 5.08. The number of rotatable bonds is 9. The number of methoxy groups -OCH3 is 1. The monoisotopic (exact) mass is 514 g/mol. The molecule has 196 valence electrons. The van der Waals surface area contributed by atoms with Crippen molar-refractivity contribution >= 4 is 11.9 Å². The largest absolute Gasteiger partial charge is 0.497 e. The van der Waals surface area contributed by atoms with Gasteiger partial charge in [0.25, 0.3) is 0 Å². The Hall–Kier alpha value is -4.66. The van der Waals surface area contributed by atoms with E-state index in [1.807, 2.05) is 42.5 Å². The maximum Gasteiger partial charge on any atom is 0.407 e. The van der Waals surface area contributed by atoms with Gasteiger partial charge in [0.05, 0.1) is 19.3 Å². The molecule has 0 radical (unpaired) electrons. The number of aromatic nitrogens is 3. The van der Waals surface area contributed by atoms with Crippen molar-refractivity contribution in [3.05, 3.63) is 90.3 Å². The van der Waals surface area contributed by atoms with Crippen LogP contribution in [0.5, 0.6) is 11.5 Å². The van der Waals surface area contributed by atoms with Crippen LogP contribution in [-0.2, 0) is 4.74 Å². The molecule has 0 spiro atoms. The van der Waals surface area contributed by atoms with Gasteiger partial charge >= 0.3 is 6.09 Å². The highest BCUT2D eigenvalue weighted by atomic mass is 16.6. The molecule has 4 aromatic rings. The van der Waals surface area contributed by atoms with E-state index in [9.17, 15) is 9.59 Å². The van der Waals surface area contributed by atoms with Crippen LogP contribution in [0.2, 0.25) is 0 Å². The van der Waals surface area contributed by atoms with E-state index in [1.165, 1.54) is 0 Å². The van der Waals surface area contributed by atoms with Gasteiger partial charge in [0, 0.05) is 11.1 Å². The lowest BCUT2D eigenvalue weighted by Crippen LogP contribution is -2.34. The third-order valence-electron chi connectivity index (χ3n) is 5.31. The standard InChI is InChI=1S/C29H30N4O5/c1-29(2,3)38-28(35)30-18-19-37-24-14-10-21(11-15-24)27-31-26(25(34)20-8-6-5-7-9-20)32-33(27)22-12-16-23(36-4)17-13-22/h5-17H,18-19H2,1-4H3,(H,30,35). The van der Waals surface area contributed by atoms with Crippen LogP contribution in [0.4, 0.5) is 4.79 Å². The van der Waals surface area contributed by atoms with Crippen LogP contribution < -0.4 is 14.8 Å². The first kappa shape index (κ1) is 26.4. The summed E-state index contributed by atoms with van der Waals surface area (Å²) in [5.74, 6) is 1.66. The van der Waals surface area contributed by atoms with Crippen molar-refractivity contribution in [3.63, 3.8) is 0 Å². The lowest BCUT2D eigenvalue weighted by atomic mass is 10.1. The van der Waals surface area contributed by atoms with Crippen LogP contribution in [0.25, 0.3) is 17.1 Å². The smallest absolute Gasteiger partial charge is 0.407 e. The molecule has 38 heavy (non-hydrogen) atoms. The maximum absolute atomic E-state index is 13.1. The Bertz CT molecular complexity index is 1380. The molecule has 1 heterocycles. The maximum atomic E-state index is 13.1. The van der Waals surface area contributed by atoms with Crippen LogP contribution >= 0.6 is 0 Å². The summed E-state index contributed by atoms with van der Waals surface area (Å²) in [7, 11) is 1.60. The Labute approximate surface area is 221 Å². The molecular weight excluding hydrogens is 484 g/mol. The lowest BCUT2D eigenvalue weighted by Gasteiger charge is -2.19. The Morgan fingerprint density at radius 3 is 2.18 bits per heavy atom. The summed E-state index contributed by atoms with van der Waals surface area (Å²) in [6.07, 6.45) is -0.491. The zero-order valence-corrected chi connectivity index (χ0v) is 21.8. The predicted molar refractivity (Wildman–Crippen MR) is 143 cm³/mol. The van der Waals surface area contributed by atoms with Gasteiger partial charge in [-0.25, -0.2) is 14.5 Å². The van der Waals surface area contributed by atoms with Gasteiger partial charge in [-0.1, -0.05) is 30.3 Å². The first-order valence-corrected chi connectivity index (χ1v) is 12.1. The zero-order chi connectivity index (χ0) is 27.1. The number of ketones is 1. The molecule has 0 aliphatic carbocycles. The summed E-state index contributed by atoms with van der Waals surface area (Å²) < 4.78 is 17.8. The van der Waals surface area contributed by atoms with Crippen LogP contribution in [0, 0.1) is 0 Å². The van der Waals surface area contributed by atoms with Gasteiger partial charge in [0.1, 0.15) is 23.7 Å². The Kier molecular flexibility index (Phi) is 8.06. The fourth-order valence-electron chi connectivity index (χ4n) is 3.55. The topological polar surface area (TPSA) is 105 Å². The average Bonchev–Trinajstić information content (AvgIpc) is 3.36. The molecule has 0 unspecified atom stereocenters. The van der Waals surface area contributed by atoms with Crippen molar-refractivity contribution in [1.82, 2.24) is 20.1 Å². The van der Waals surface area contributed by atoms with Crippen LogP contribution in [-0.4, -0.2) is 52.5 Å². The summed E-state index contributed by atoms with van der Waals surface area (Å²) in [4.78, 5) is 29.4. The second-order valence-corrected chi connectivity index (χ2v) is 9.37. The highest BCUT2D eigenvalue weighted by Gasteiger charge is 2.20. The number of nitrogens with zero attached hydrogens (tertiary/aromatic N) is 3. The first-order valence-electron chi connectivity index (χ1n) is 12.1. The van der Waals surface area contributed by atoms with E-state index >= 15 is 0 Å². The van der Waals surface area contributed by atoms with E-state index in [1.54, 1.807) is 69.0 Å². The van der Waals surface area contributed by atoms with Gasteiger partial charge in [0.2, 0.25) is 11.6 Å². The third-order valence-corrected chi connectivity index (χ3v) is 5.31. The summed E-state index contributed by atoms with van der Waals surface area (Å²) in [6.45, 7) is 5.99. The molecule has 4 rings (SSSR count). The molecular formula is C29H30N4O5. The number of amides is 1. The Morgan fingerprint density at radius 1 is 0.895 bits per heavy atom. The van der Waals surface area contributed by atoms with Gasteiger partial charge in [-0.2, -0.15) is 0 Å². The molecule has 0 bridgehead atoms. The fourth-order valence-corrected chi connectivity index (χ4v) is 3.55. The number of nitrogens with one attached hydrogen (secondary N) is 1. The van der Waals surface area contributed by atoms with Gasteiger partial charge in [-0.3, -0.25) is 4.79 Å². The molecule has 9 heteroatoms. The molecule has 0 fully saturated rings. The molecule has 0 aliphatic rings. The van der Waals surface area contributed by atoms with Crippen molar-refractivity contribution < 1.29 is 23.8 Å². The molecule has 1 N–H and O–H groups in total.